The number of carbonyl (C=O) groups is 1. The van der Waals surface area contributed by atoms with Crippen LogP contribution in [0.25, 0.3) is 11.2 Å². The van der Waals surface area contributed by atoms with Crippen molar-refractivity contribution in [1.29, 1.82) is 0 Å². The van der Waals surface area contributed by atoms with Crippen LogP contribution in [0, 0.1) is 5.92 Å². The maximum Gasteiger partial charge on any atom is 0.228 e. The van der Waals surface area contributed by atoms with Crippen LogP contribution >= 0.6 is 0 Å². The molecule has 0 aromatic carbocycles. The average molecular weight is 320 g/mol. The SMILES string of the molecule is CC(C)C(=O)Nc1ncnc2c1ncn2[C@H]1C[C@H](N)[C@@H](CO)O1. The number of nitrogens with two attached hydrogens (primary N) is 1. The summed E-state index contributed by atoms with van der Waals surface area (Å²) in [6.45, 7) is 3.47. The second-order valence-corrected chi connectivity index (χ2v) is 5.90. The minimum atomic E-state index is -0.403. The van der Waals surface area contributed by atoms with Crippen LogP contribution in [0.15, 0.2) is 12.7 Å². The number of aromatic nitrogens is 4. The quantitative estimate of drug-likeness (QED) is 0.725. The normalized spacial score (nSPS) is 24.5. The zero-order valence-corrected chi connectivity index (χ0v) is 13.0. The topological polar surface area (TPSA) is 128 Å². The maximum atomic E-state index is 11.9. The Hall–Kier alpha value is -2.10. The highest BCUT2D eigenvalue weighted by Gasteiger charge is 2.34. The Labute approximate surface area is 132 Å². The summed E-state index contributed by atoms with van der Waals surface area (Å²) in [5.41, 5.74) is 6.99. The molecule has 2 aromatic heterocycles. The van der Waals surface area contributed by atoms with E-state index in [0.29, 0.717) is 23.4 Å². The molecule has 3 heterocycles. The van der Waals surface area contributed by atoms with Gasteiger partial charge in [0.25, 0.3) is 0 Å². The largest absolute Gasteiger partial charge is 0.394 e. The zero-order chi connectivity index (χ0) is 16.6. The number of carbonyl (C=O) groups excluding carboxylic acids is 1. The first-order valence-corrected chi connectivity index (χ1v) is 7.51. The first-order valence-electron chi connectivity index (χ1n) is 7.51. The lowest BCUT2D eigenvalue weighted by atomic mass is 10.1. The van der Waals surface area contributed by atoms with E-state index in [9.17, 15) is 9.90 Å². The molecule has 1 amide bonds. The van der Waals surface area contributed by atoms with E-state index in [2.05, 4.69) is 20.3 Å². The van der Waals surface area contributed by atoms with Crippen molar-refractivity contribution in [2.24, 2.45) is 11.7 Å². The third-order valence-corrected chi connectivity index (χ3v) is 3.90. The second-order valence-electron chi connectivity index (χ2n) is 5.90. The van der Waals surface area contributed by atoms with Crippen molar-refractivity contribution in [2.75, 3.05) is 11.9 Å². The Balaban J connectivity index is 1.91. The molecule has 0 spiro atoms. The number of rotatable bonds is 4. The molecule has 23 heavy (non-hydrogen) atoms. The van der Waals surface area contributed by atoms with E-state index in [0.717, 1.165) is 0 Å². The molecule has 3 atom stereocenters. The number of aliphatic hydroxyl groups excluding tert-OH is 1. The highest BCUT2D eigenvalue weighted by molar-refractivity contribution is 5.97. The summed E-state index contributed by atoms with van der Waals surface area (Å²) < 4.78 is 7.48. The molecule has 0 bridgehead atoms. The summed E-state index contributed by atoms with van der Waals surface area (Å²) in [5, 5.41) is 12.0. The number of nitrogens with zero attached hydrogens (tertiary/aromatic N) is 4. The highest BCUT2D eigenvalue weighted by Crippen LogP contribution is 2.30. The fraction of sp³-hybridized carbons (Fsp3) is 0.571. The summed E-state index contributed by atoms with van der Waals surface area (Å²) >= 11 is 0. The molecule has 0 saturated carbocycles. The lowest BCUT2D eigenvalue weighted by Crippen LogP contribution is -2.32. The van der Waals surface area contributed by atoms with Crippen LogP contribution in [0.2, 0.25) is 0 Å². The van der Waals surface area contributed by atoms with Gasteiger partial charge in [-0.25, -0.2) is 15.0 Å². The Kier molecular flexibility index (Phi) is 4.24. The minimum Gasteiger partial charge on any atom is -0.394 e. The molecule has 1 fully saturated rings. The molecule has 2 aromatic rings. The predicted molar refractivity (Wildman–Crippen MR) is 82.4 cm³/mol. The molecule has 9 nitrogen and oxygen atoms in total. The van der Waals surface area contributed by atoms with E-state index in [1.165, 1.54) is 6.33 Å². The van der Waals surface area contributed by atoms with Gasteiger partial charge in [0, 0.05) is 18.4 Å². The van der Waals surface area contributed by atoms with Crippen molar-refractivity contribution in [2.45, 2.75) is 38.6 Å². The summed E-state index contributed by atoms with van der Waals surface area (Å²) in [4.78, 5) is 24.5. The van der Waals surface area contributed by atoms with Crippen LogP contribution in [-0.2, 0) is 9.53 Å². The third kappa shape index (κ3) is 2.90. The fourth-order valence-corrected chi connectivity index (χ4v) is 2.52. The van der Waals surface area contributed by atoms with Crippen molar-refractivity contribution in [3.63, 3.8) is 0 Å². The standard InChI is InChI=1S/C14H20N6O3/c1-7(2)14(22)19-12-11-13(17-5-16-12)20(6-18-11)10-3-8(15)9(4-21)23-10/h5-10,21H,3-4,15H2,1-2H3,(H,16,17,19,22)/t8-,9+,10+/m0/s1. The maximum absolute atomic E-state index is 11.9. The van der Waals surface area contributed by atoms with E-state index in [1.54, 1.807) is 24.7 Å². The van der Waals surface area contributed by atoms with Gasteiger partial charge >= 0.3 is 0 Å². The van der Waals surface area contributed by atoms with E-state index in [1.807, 2.05) is 0 Å². The molecule has 3 rings (SSSR count). The zero-order valence-electron chi connectivity index (χ0n) is 13.0. The van der Waals surface area contributed by atoms with Gasteiger partial charge in [-0.15, -0.1) is 0 Å². The summed E-state index contributed by atoms with van der Waals surface area (Å²) in [6.07, 6.45) is 2.75. The van der Waals surface area contributed by atoms with Crippen LogP contribution in [0.4, 0.5) is 5.82 Å². The molecule has 124 valence electrons. The van der Waals surface area contributed by atoms with Crippen molar-refractivity contribution < 1.29 is 14.6 Å². The van der Waals surface area contributed by atoms with Crippen molar-refractivity contribution in [3.8, 4) is 0 Å². The highest BCUT2D eigenvalue weighted by atomic mass is 16.5. The molecule has 0 unspecified atom stereocenters. The van der Waals surface area contributed by atoms with Crippen LogP contribution in [0.3, 0.4) is 0 Å². The van der Waals surface area contributed by atoms with Crippen LogP contribution in [-0.4, -0.2) is 49.3 Å². The van der Waals surface area contributed by atoms with Crippen LogP contribution in [0.1, 0.15) is 26.5 Å². The third-order valence-electron chi connectivity index (χ3n) is 3.90. The molecular formula is C14H20N6O3. The lowest BCUT2D eigenvalue weighted by Gasteiger charge is -2.14. The smallest absolute Gasteiger partial charge is 0.228 e. The number of nitrogens with one attached hydrogen (secondary N) is 1. The molecule has 4 N–H and O–H groups in total. The number of aliphatic hydroxyl groups is 1. The molecular weight excluding hydrogens is 300 g/mol. The molecule has 9 heteroatoms. The number of anilines is 1. The molecule has 1 saturated heterocycles. The van der Waals surface area contributed by atoms with Gasteiger partial charge in [0.2, 0.25) is 5.91 Å². The number of imidazole rings is 1. The average Bonchev–Trinajstić information content (AvgIpc) is 3.10. The number of fused-ring (bicyclic) bond motifs is 1. The van der Waals surface area contributed by atoms with Gasteiger partial charge in [-0.05, 0) is 0 Å². The van der Waals surface area contributed by atoms with Gasteiger partial charge < -0.3 is 20.9 Å². The Morgan fingerprint density at radius 2 is 2.30 bits per heavy atom. The summed E-state index contributed by atoms with van der Waals surface area (Å²) in [5.74, 6) is 0.0658. The van der Waals surface area contributed by atoms with Crippen molar-refractivity contribution in [1.82, 2.24) is 19.5 Å². The van der Waals surface area contributed by atoms with Gasteiger partial charge in [-0.2, -0.15) is 0 Å². The van der Waals surface area contributed by atoms with Crippen LogP contribution < -0.4 is 11.1 Å². The van der Waals surface area contributed by atoms with Gasteiger partial charge in [0.1, 0.15) is 12.6 Å². The number of amides is 1. The number of ether oxygens (including phenoxy) is 1. The van der Waals surface area contributed by atoms with E-state index in [-0.39, 0.29) is 30.7 Å². The first kappa shape index (κ1) is 15.8. The van der Waals surface area contributed by atoms with Crippen LogP contribution in [0.5, 0.6) is 0 Å². The van der Waals surface area contributed by atoms with Gasteiger partial charge in [0.15, 0.2) is 17.0 Å². The Bertz CT molecular complexity index is 716. The molecule has 0 radical (unpaired) electrons. The number of hydrogen-bond donors (Lipinski definition) is 3. The second kappa shape index (κ2) is 6.19. The van der Waals surface area contributed by atoms with Crippen molar-refractivity contribution >= 4 is 22.9 Å². The minimum absolute atomic E-state index is 0.130. The van der Waals surface area contributed by atoms with Gasteiger partial charge in [-0.1, -0.05) is 13.8 Å². The van der Waals surface area contributed by atoms with E-state index >= 15 is 0 Å². The Morgan fingerprint density at radius 3 is 2.96 bits per heavy atom. The van der Waals surface area contributed by atoms with E-state index < -0.39 is 6.10 Å². The molecule has 1 aliphatic rings. The van der Waals surface area contributed by atoms with E-state index in [4.69, 9.17) is 10.5 Å². The lowest BCUT2D eigenvalue weighted by molar-refractivity contribution is -0.118. The number of hydrogen-bond acceptors (Lipinski definition) is 7. The fourth-order valence-electron chi connectivity index (χ4n) is 2.52. The first-order chi connectivity index (χ1) is 11.0. The van der Waals surface area contributed by atoms with Gasteiger partial charge in [-0.3, -0.25) is 9.36 Å². The summed E-state index contributed by atoms with van der Waals surface area (Å²) in [7, 11) is 0. The Morgan fingerprint density at radius 1 is 1.52 bits per heavy atom. The predicted octanol–water partition coefficient (Wildman–Crippen LogP) is 0.0279. The van der Waals surface area contributed by atoms with Crippen molar-refractivity contribution in [3.05, 3.63) is 12.7 Å². The molecule has 0 aliphatic carbocycles. The molecule has 1 aliphatic heterocycles. The summed E-state index contributed by atoms with van der Waals surface area (Å²) in [6, 6.07) is -0.246. The van der Waals surface area contributed by atoms with Gasteiger partial charge in [0.05, 0.1) is 19.0 Å². The monoisotopic (exact) mass is 320 g/mol.